The van der Waals surface area contributed by atoms with Gasteiger partial charge >= 0.3 is 0 Å². The second-order valence-electron chi connectivity index (χ2n) is 8.44. The van der Waals surface area contributed by atoms with Gasteiger partial charge in [0.2, 0.25) is 0 Å². The molecule has 5 aromatic carbocycles. The molecule has 2 unspecified atom stereocenters. The van der Waals surface area contributed by atoms with Gasteiger partial charge in [-0.15, -0.1) is 0 Å². The molecule has 32 heavy (non-hydrogen) atoms. The summed E-state index contributed by atoms with van der Waals surface area (Å²) in [5.41, 5.74) is 3.39. The average Bonchev–Trinajstić information content (AvgIpc) is 2.85. The Morgan fingerprint density at radius 2 is 1.22 bits per heavy atom. The molecule has 2 atom stereocenters. The Bertz CT molecular complexity index is 1370. The Kier molecular flexibility index (Phi) is 5.38. The highest BCUT2D eigenvalue weighted by Gasteiger charge is 2.29. The van der Waals surface area contributed by atoms with Gasteiger partial charge in [-0.25, -0.2) is 0 Å². The number of hydrogen-bond donors (Lipinski definition) is 1. The molecule has 0 aromatic heterocycles. The molecule has 0 aliphatic rings. The van der Waals surface area contributed by atoms with E-state index in [1.165, 1.54) is 21.9 Å². The van der Waals surface area contributed by atoms with Gasteiger partial charge in [0, 0.05) is 11.6 Å². The highest BCUT2D eigenvalue weighted by molar-refractivity contribution is 5.91. The number of benzene rings is 5. The van der Waals surface area contributed by atoms with Crippen LogP contribution in [0.15, 0.2) is 109 Å². The molecule has 0 amide bonds. The topological polar surface area (TPSA) is 23.5 Å². The van der Waals surface area contributed by atoms with Crippen LogP contribution < -0.4 is 0 Å². The summed E-state index contributed by atoms with van der Waals surface area (Å²) >= 11 is 0. The molecule has 5 rings (SSSR count). The van der Waals surface area contributed by atoms with E-state index in [2.05, 4.69) is 104 Å². The lowest BCUT2D eigenvalue weighted by molar-refractivity contribution is 0.212. The minimum Gasteiger partial charge on any atom is -0.508 e. The smallest absolute Gasteiger partial charge is 0.121 e. The van der Waals surface area contributed by atoms with Crippen LogP contribution in [0.25, 0.3) is 21.5 Å². The van der Waals surface area contributed by atoms with Gasteiger partial charge in [0.1, 0.15) is 5.75 Å². The summed E-state index contributed by atoms with van der Waals surface area (Å²) < 4.78 is 0. The van der Waals surface area contributed by atoms with Crippen LogP contribution in [-0.4, -0.2) is 17.1 Å². The summed E-state index contributed by atoms with van der Waals surface area (Å²) in [5.74, 6) is 0.328. The van der Waals surface area contributed by atoms with Crippen molar-refractivity contribution in [3.63, 3.8) is 0 Å². The summed E-state index contributed by atoms with van der Waals surface area (Å²) in [6.45, 7) is 2.23. The second-order valence-corrected chi connectivity index (χ2v) is 8.44. The fourth-order valence-corrected chi connectivity index (χ4v) is 4.83. The van der Waals surface area contributed by atoms with Crippen molar-refractivity contribution in [1.29, 1.82) is 0 Å². The van der Waals surface area contributed by atoms with Crippen LogP contribution in [0.4, 0.5) is 0 Å². The van der Waals surface area contributed by atoms with Crippen LogP contribution >= 0.6 is 0 Å². The van der Waals surface area contributed by atoms with Crippen molar-refractivity contribution in [2.75, 3.05) is 7.05 Å². The van der Waals surface area contributed by atoms with Gasteiger partial charge in [0.15, 0.2) is 0 Å². The quantitative estimate of drug-likeness (QED) is 0.320. The van der Waals surface area contributed by atoms with E-state index in [4.69, 9.17) is 0 Å². The summed E-state index contributed by atoms with van der Waals surface area (Å²) in [7, 11) is 2.16. The Morgan fingerprint density at radius 3 is 1.97 bits per heavy atom. The van der Waals surface area contributed by atoms with Crippen LogP contribution in [0, 0.1) is 0 Å². The van der Waals surface area contributed by atoms with Gasteiger partial charge in [-0.05, 0) is 52.7 Å². The van der Waals surface area contributed by atoms with Crippen LogP contribution in [0.2, 0.25) is 0 Å². The standard InChI is InChI=1S/C30H27NO/c1-21(22-11-4-3-5-12-22)31(2)30(27-18-10-15-23-13-6-8-16-25(23)27)29-26-17-9-7-14-24(26)19-20-28(29)32/h3-21,30,32H,1-2H3. The number of phenols is 1. The molecule has 0 aliphatic heterocycles. The molecule has 0 saturated carbocycles. The normalized spacial score (nSPS) is 13.5. The number of fused-ring (bicyclic) bond motifs is 2. The molecule has 0 saturated heterocycles. The minimum atomic E-state index is -0.123. The molecular formula is C30H27NO. The number of hydrogen-bond acceptors (Lipinski definition) is 2. The Hall–Kier alpha value is -3.62. The number of nitrogens with zero attached hydrogens (tertiary/aromatic N) is 1. The van der Waals surface area contributed by atoms with Crippen LogP contribution in [-0.2, 0) is 0 Å². The second kappa shape index (κ2) is 8.49. The molecule has 1 N–H and O–H groups in total. The van der Waals surface area contributed by atoms with Crippen molar-refractivity contribution in [2.45, 2.75) is 19.0 Å². The van der Waals surface area contributed by atoms with Crippen LogP contribution in [0.1, 0.15) is 35.7 Å². The lowest BCUT2D eigenvalue weighted by Gasteiger charge is -2.36. The van der Waals surface area contributed by atoms with Crippen molar-refractivity contribution >= 4 is 21.5 Å². The highest BCUT2D eigenvalue weighted by atomic mass is 16.3. The third-order valence-electron chi connectivity index (χ3n) is 6.64. The van der Waals surface area contributed by atoms with E-state index in [1.54, 1.807) is 0 Å². The van der Waals surface area contributed by atoms with Crippen molar-refractivity contribution < 1.29 is 5.11 Å². The van der Waals surface area contributed by atoms with Crippen molar-refractivity contribution in [2.24, 2.45) is 0 Å². The summed E-state index contributed by atoms with van der Waals surface area (Å²) in [6, 6.07) is 37.7. The van der Waals surface area contributed by atoms with Gasteiger partial charge in [0.25, 0.3) is 0 Å². The Morgan fingerprint density at radius 1 is 0.625 bits per heavy atom. The molecule has 5 aromatic rings. The van der Waals surface area contributed by atoms with E-state index in [1.807, 2.05) is 24.3 Å². The van der Waals surface area contributed by atoms with E-state index < -0.39 is 0 Å². The number of rotatable bonds is 5. The molecule has 0 aliphatic carbocycles. The van der Waals surface area contributed by atoms with Crippen LogP contribution in [0.3, 0.4) is 0 Å². The molecule has 2 heteroatoms. The fourth-order valence-electron chi connectivity index (χ4n) is 4.83. The van der Waals surface area contributed by atoms with Gasteiger partial charge in [-0.3, -0.25) is 4.90 Å². The average molecular weight is 418 g/mol. The Labute approximate surface area is 189 Å². The lowest BCUT2D eigenvalue weighted by atomic mass is 9.88. The molecule has 0 bridgehead atoms. The Balaban J connectivity index is 1.78. The monoisotopic (exact) mass is 417 g/mol. The van der Waals surface area contributed by atoms with Gasteiger partial charge in [-0.2, -0.15) is 0 Å². The first-order valence-corrected chi connectivity index (χ1v) is 11.1. The van der Waals surface area contributed by atoms with Gasteiger partial charge < -0.3 is 5.11 Å². The number of aromatic hydroxyl groups is 1. The third kappa shape index (κ3) is 3.53. The molecule has 0 heterocycles. The van der Waals surface area contributed by atoms with E-state index in [0.717, 1.165) is 16.3 Å². The SMILES string of the molecule is CC(c1ccccc1)N(C)C(c1cccc2ccccc12)c1c(O)ccc2ccccc12. The largest absolute Gasteiger partial charge is 0.508 e. The molecule has 0 spiro atoms. The summed E-state index contributed by atoms with van der Waals surface area (Å²) in [5, 5.41) is 15.8. The predicted octanol–water partition coefficient (Wildman–Crippen LogP) is 7.48. The van der Waals surface area contributed by atoms with Crippen molar-refractivity contribution in [3.8, 4) is 5.75 Å². The van der Waals surface area contributed by atoms with E-state index in [-0.39, 0.29) is 12.1 Å². The van der Waals surface area contributed by atoms with Gasteiger partial charge in [-0.1, -0.05) is 103 Å². The molecule has 0 radical (unpaired) electrons. The molecule has 0 fully saturated rings. The zero-order valence-electron chi connectivity index (χ0n) is 18.4. The van der Waals surface area contributed by atoms with Gasteiger partial charge in [0.05, 0.1) is 6.04 Å². The summed E-state index contributed by atoms with van der Waals surface area (Å²) in [6.07, 6.45) is 0. The third-order valence-corrected chi connectivity index (χ3v) is 6.64. The van der Waals surface area contributed by atoms with Crippen molar-refractivity contribution in [1.82, 2.24) is 4.90 Å². The van der Waals surface area contributed by atoms with E-state index in [9.17, 15) is 5.11 Å². The minimum absolute atomic E-state index is 0.123. The zero-order chi connectivity index (χ0) is 22.1. The maximum absolute atomic E-state index is 11.2. The highest BCUT2D eigenvalue weighted by Crippen LogP contribution is 2.43. The number of phenolic OH excluding ortho intramolecular Hbond substituents is 1. The lowest BCUT2D eigenvalue weighted by Crippen LogP contribution is -2.29. The molecule has 158 valence electrons. The first kappa shape index (κ1) is 20.3. The van der Waals surface area contributed by atoms with Crippen molar-refractivity contribution in [3.05, 3.63) is 126 Å². The maximum Gasteiger partial charge on any atom is 0.121 e. The molecule has 2 nitrogen and oxygen atoms in total. The first-order valence-electron chi connectivity index (χ1n) is 11.1. The zero-order valence-corrected chi connectivity index (χ0v) is 18.4. The predicted molar refractivity (Wildman–Crippen MR) is 134 cm³/mol. The summed E-state index contributed by atoms with van der Waals surface area (Å²) in [4.78, 5) is 2.37. The van der Waals surface area contributed by atoms with E-state index >= 15 is 0 Å². The maximum atomic E-state index is 11.2. The van der Waals surface area contributed by atoms with Crippen LogP contribution in [0.5, 0.6) is 5.75 Å². The first-order chi connectivity index (χ1) is 15.6. The fraction of sp³-hybridized carbons (Fsp3) is 0.133. The van der Waals surface area contributed by atoms with E-state index in [0.29, 0.717) is 5.75 Å². The molecular weight excluding hydrogens is 390 g/mol.